The lowest BCUT2D eigenvalue weighted by atomic mass is 9.77. The lowest BCUT2D eigenvalue weighted by Gasteiger charge is -2.28. The summed E-state index contributed by atoms with van der Waals surface area (Å²) in [6.45, 7) is 5.51. The zero-order valence-electron chi connectivity index (χ0n) is 20.4. The molecule has 2 aliphatic rings. The third kappa shape index (κ3) is 9.15. The van der Waals surface area contributed by atoms with Gasteiger partial charge in [-0.2, -0.15) is 26.3 Å². The highest BCUT2D eigenvalue weighted by Gasteiger charge is 2.54. The van der Waals surface area contributed by atoms with Gasteiger partial charge in [0.1, 0.15) is 11.5 Å². The number of hydrogen-bond donors (Lipinski definition) is 3. The van der Waals surface area contributed by atoms with Gasteiger partial charge in [-0.1, -0.05) is 6.07 Å². The second-order valence-corrected chi connectivity index (χ2v) is 8.62. The number of hydrogen-bond acceptors (Lipinski definition) is 7. The van der Waals surface area contributed by atoms with Crippen molar-refractivity contribution in [3.8, 4) is 5.88 Å². The van der Waals surface area contributed by atoms with Crippen LogP contribution in [0.2, 0.25) is 0 Å². The molecule has 1 spiro atoms. The van der Waals surface area contributed by atoms with Crippen LogP contribution in [0.25, 0.3) is 0 Å². The molecule has 0 aliphatic carbocycles. The number of alkyl halides is 6. The number of aryl methyl sites for hydroxylation is 1. The smallest absolute Gasteiger partial charge is 0.477 e. The Bertz CT molecular complexity index is 1100. The van der Waals surface area contributed by atoms with Gasteiger partial charge in [0.2, 0.25) is 11.8 Å². The molecule has 3 N–H and O–H groups in total. The van der Waals surface area contributed by atoms with Gasteiger partial charge in [0, 0.05) is 31.3 Å². The fourth-order valence-electron chi connectivity index (χ4n) is 3.97. The number of carboxylic acids is 2. The molecule has 2 fully saturated rings. The van der Waals surface area contributed by atoms with E-state index in [1.54, 1.807) is 6.20 Å². The second-order valence-electron chi connectivity index (χ2n) is 8.62. The number of carboxylic acid groups (broad SMARTS) is 2. The first-order chi connectivity index (χ1) is 18.0. The Balaban J connectivity index is 0.000000317. The fraction of sp³-hybridized carbons (Fsp3) is 0.478. The number of aromatic nitrogens is 1. The first kappa shape index (κ1) is 31.4. The number of amides is 1. The van der Waals surface area contributed by atoms with Gasteiger partial charge in [-0.25, -0.2) is 14.6 Å². The molecule has 39 heavy (non-hydrogen) atoms. The molecule has 0 saturated carbocycles. The first-order valence-electron chi connectivity index (χ1n) is 11.2. The van der Waals surface area contributed by atoms with Gasteiger partial charge in [0.25, 0.3) is 0 Å². The Morgan fingerprint density at radius 1 is 1.13 bits per heavy atom. The van der Waals surface area contributed by atoms with E-state index in [2.05, 4.69) is 15.2 Å². The van der Waals surface area contributed by atoms with Crippen molar-refractivity contribution in [1.29, 1.82) is 0 Å². The van der Waals surface area contributed by atoms with Crippen molar-refractivity contribution in [2.45, 2.75) is 32.2 Å². The summed E-state index contributed by atoms with van der Waals surface area (Å²) >= 11 is 0. The molecule has 10 nitrogen and oxygen atoms in total. The average molecular weight is 569 g/mol. The van der Waals surface area contributed by atoms with Gasteiger partial charge >= 0.3 is 24.3 Å². The number of halogens is 6. The predicted molar refractivity (Wildman–Crippen MR) is 119 cm³/mol. The van der Waals surface area contributed by atoms with Crippen LogP contribution in [-0.4, -0.2) is 76.5 Å². The van der Waals surface area contributed by atoms with Crippen molar-refractivity contribution < 1.29 is 60.1 Å². The first-order valence-corrected chi connectivity index (χ1v) is 11.2. The van der Waals surface area contributed by atoms with Crippen LogP contribution in [0.1, 0.15) is 17.9 Å². The number of furan rings is 1. The minimum atomic E-state index is -5.08. The quantitative estimate of drug-likeness (QED) is 0.463. The topological polar surface area (TPSA) is 142 Å². The predicted octanol–water partition coefficient (Wildman–Crippen LogP) is 3.27. The molecule has 1 amide bonds. The Morgan fingerprint density at radius 2 is 1.74 bits per heavy atom. The number of aliphatic carboxylic acids is 2. The van der Waals surface area contributed by atoms with Crippen molar-refractivity contribution in [2.75, 3.05) is 26.2 Å². The third-order valence-corrected chi connectivity index (χ3v) is 5.85. The summed E-state index contributed by atoms with van der Waals surface area (Å²) in [6.07, 6.45) is -7.60. The molecular weight excluding hydrogens is 544 g/mol. The minimum absolute atomic E-state index is 0.153. The maximum Gasteiger partial charge on any atom is 0.490 e. The molecule has 216 valence electrons. The molecule has 2 aromatic heterocycles. The Labute approximate surface area is 217 Å². The highest BCUT2D eigenvalue weighted by atomic mass is 19.4. The molecule has 2 aromatic rings. The molecular formula is C23H25F6N3O7. The van der Waals surface area contributed by atoms with Crippen LogP contribution < -0.4 is 10.1 Å². The molecule has 2 aliphatic heterocycles. The van der Waals surface area contributed by atoms with Crippen molar-refractivity contribution >= 4 is 17.8 Å². The molecule has 0 radical (unpaired) electrons. The number of likely N-dealkylation sites (tertiary alicyclic amines) is 1. The maximum atomic E-state index is 12.6. The zero-order chi connectivity index (χ0) is 29.4. The van der Waals surface area contributed by atoms with E-state index >= 15 is 0 Å². The second kappa shape index (κ2) is 12.8. The average Bonchev–Trinajstić information content (AvgIpc) is 3.53. The number of nitrogens with zero attached hydrogens (tertiary/aromatic N) is 2. The molecule has 4 heterocycles. The monoisotopic (exact) mass is 569 g/mol. The highest BCUT2D eigenvalue weighted by molar-refractivity contribution is 5.86. The summed E-state index contributed by atoms with van der Waals surface area (Å²) in [7, 11) is 0. The van der Waals surface area contributed by atoms with Gasteiger partial charge in [-0.05, 0) is 38.1 Å². The van der Waals surface area contributed by atoms with Crippen LogP contribution in [0.5, 0.6) is 5.88 Å². The van der Waals surface area contributed by atoms with E-state index in [0.717, 1.165) is 37.6 Å². The normalized spacial score (nSPS) is 20.9. The summed E-state index contributed by atoms with van der Waals surface area (Å²) < 4.78 is 75.0. The third-order valence-electron chi connectivity index (χ3n) is 5.85. The van der Waals surface area contributed by atoms with Crippen LogP contribution in [0, 0.1) is 18.3 Å². The molecule has 0 aromatic carbocycles. The van der Waals surface area contributed by atoms with E-state index in [4.69, 9.17) is 29.0 Å². The van der Waals surface area contributed by atoms with E-state index in [-0.39, 0.29) is 17.2 Å². The van der Waals surface area contributed by atoms with Gasteiger partial charge in [-0.3, -0.25) is 9.69 Å². The zero-order valence-corrected chi connectivity index (χ0v) is 20.4. The highest BCUT2D eigenvalue weighted by Crippen LogP contribution is 2.42. The summed E-state index contributed by atoms with van der Waals surface area (Å²) in [6, 6.07) is 9.60. The van der Waals surface area contributed by atoms with Gasteiger partial charge in [0.05, 0.1) is 18.6 Å². The van der Waals surface area contributed by atoms with Gasteiger partial charge < -0.3 is 24.7 Å². The molecule has 0 bridgehead atoms. The number of ether oxygens (including phenoxy) is 1. The van der Waals surface area contributed by atoms with Crippen LogP contribution in [0.4, 0.5) is 26.3 Å². The standard InChI is InChI=1S/C19H23N3O3.2C2HF3O2/c1-14-5-6-16(25-14)11-22-9-7-19(13-22)15(10-21-18(19)23)12-24-17-4-2-3-8-20-17;2*3-2(4,5)1(6)7/h2-6,8,15H,7,9-13H2,1H3,(H,21,23);2*(H,6,7)/t15-,19-;;/m1../s1. The number of carbonyl (C=O) groups excluding carboxylic acids is 1. The van der Waals surface area contributed by atoms with E-state index < -0.39 is 24.3 Å². The molecule has 16 heteroatoms. The number of pyridine rings is 1. The van der Waals surface area contributed by atoms with E-state index in [9.17, 15) is 31.1 Å². The molecule has 2 atom stereocenters. The van der Waals surface area contributed by atoms with E-state index in [1.807, 2.05) is 37.3 Å². The lowest BCUT2D eigenvalue weighted by Crippen LogP contribution is -2.40. The lowest BCUT2D eigenvalue weighted by molar-refractivity contribution is -0.193. The van der Waals surface area contributed by atoms with Crippen LogP contribution in [0.15, 0.2) is 40.9 Å². The SMILES string of the molecule is Cc1ccc(CN2CC[C@]3(C2)C(=O)NC[C@@H]3COc2ccccn2)o1.O=C(O)C(F)(F)F.O=C(O)C(F)(F)F. The maximum absolute atomic E-state index is 12.6. The number of rotatable bonds is 5. The Hall–Kier alpha value is -3.82. The van der Waals surface area contributed by atoms with E-state index in [0.29, 0.717) is 19.0 Å². The Kier molecular flexibility index (Phi) is 10.3. The van der Waals surface area contributed by atoms with Gasteiger partial charge in [-0.15, -0.1) is 0 Å². The molecule has 2 saturated heterocycles. The van der Waals surface area contributed by atoms with Crippen molar-refractivity contribution in [2.24, 2.45) is 11.3 Å². The van der Waals surface area contributed by atoms with Crippen LogP contribution in [0.3, 0.4) is 0 Å². The summed E-state index contributed by atoms with van der Waals surface area (Å²) in [5.41, 5.74) is -0.365. The minimum Gasteiger partial charge on any atom is -0.477 e. The fourth-order valence-corrected chi connectivity index (χ4v) is 3.97. The van der Waals surface area contributed by atoms with Crippen LogP contribution in [-0.2, 0) is 20.9 Å². The molecule has 0 unspecified atom stereocenters. The number of nitrogens with one attached hydrogen (secondary N) is 1. The summed E-state index contributed by atoms with van der Waals surface area (Å²) in [5, 5.41) is 17.3. The summed E-state index contributed by atoms with van der Waals surface area (Å²) in [5.74, 6) is -2.72. The molecule has 4 rings (SSSR count). The van der Waals surface area contributed by atoms with Gasteiger partial charge in [0.15, 0.2) is 0 Å². The Morgan fingerprint density at radius 3 is 2.23 bits per heavy atom. The van der Waals surface area contributed by atoms with Crippen molar-refractivity contribution in [3.63, 3.8) is 0 Å². The van der Waals surface area contributed by atoms with Crippen LogP contribution >= 0.6 is 0 Å². The van der Waals surface area contributed by atoms with E-state index in [1.165, 1.54) is 0 Å². The number of carbonyl (C=O) groups is 3. The summed E-state index contributed by atoms with van der Waals surface area (Å²) in [4.78, 5) is 36.9. The largest absolute Gasteiger partial charge is 0.490 e. The van der Waals surface area contributed by atoms with Crippen molar-refractivity contribution in [1.82, 2.24) is 15.2 Å². The van der Waals surface area contributed by atoms with Crippen molar-refractivity contribution in [3.05, 3.63) is 48.0 Å².